The normalized spacial score (nSPS) is 16.1. The van der Waals surface area contributed by atoms with Crippen LogP contribution in [0.15, 0.2) is 42.5 Å². The van der Waals surface area contributed by atoms with Crippen LogP contribution in [-0.2, 0) is 0 Å². The van der Waals surface area contributed by atoms with Crippen molar-refractivity contribution in [3.63, 3.8) is 0 Å². The van der Waals surface area contributed by atoms with Crippen molar-refractivity contribution < 1.29 is 14.2 Å². The van der Waals surface area contributed by atoms with Gasteiger partial charge >= 0.3 is 0 Å². The van der Waals surface area contributed by atoms with Crippen LogP contribution in [0, 0.1) is 0 Å². The topological polar surface area (TPSA) is 43.0 Å². The SMILES string of the molecule is CCOc1ccccc1C(c1ccc(OC)c(OC)c1)N1CCNCC1. The number of methoxy groups -OCH3 is 2. The monoisotopic (exact) mass is 356 g/mol. The lowest BCUT2D eigenvalue weighted by Gasteiger charge is -2.36. The fourth-order valence-electron chi connectivity index (χ4n) is 3.54. The third-order valence-electron chi connectivity index (χ3n) is 4.75. The van der Waals surface area contributed by atoms with Gasteiger partial charge in [-0.05, 0) is 30.7 Å². The lowest BCUT2D eigenvalue weighted by atomic mass is 9.95. The Hall–Kier alpha value is -2.24. The smallest absolute Gasteiger partial charge is 0.161 e. The minimum absolute atomic E-state index is 0.111. The van der Waals surface area contributed by atoms with Crippen LogP contribution in [0.4, 0.5) is 0 Å². The predicted octanol–water partition coefficient (Wildman–Crippen LogP) is 3.10. The number of rotatable bonds is 7. The van der Waals surface area contributed by atoms with Gasteiger partial charge in [-0.2, -0.15) is 0 Å². The molecule has 2 aromatic carbocycles. The summed E-state index contributed by atoms with van der Waals surface area (Å²) in [6, 6.07) is 14.6. The summed E-state index contributed by atoms with van der Waals surface area (Å²) in [5.74, 6) is 2.43. The van der Waals surface area contributed by atoms with Crippen LogP contribution < -0.4 is 19.5 Å². The standard InChI is InChI=1S/C21H28N2O3/c1-4-26-18-8-6-5-7-17(18)21(23-13-11-22-12-14-23)16-9-10-19(24-2)20(15-16)25-3/h5-10,15,21-22H,4,11-14H2,1-3H3. The quantitative estimate of drug-likeness (QED) is 0.826. The lowest BCUT2D eigenvalue weighted by Crippen LogP contribution is -2.45. The number of hydrogen-bond acceptors (Lipinski definition) is 5. The highest BCUT2D eigenvalue weighted by molar-refractivity contribution is 5.48. The summed E-state index contributed by atoms with van der Waals surface area (Å²) >= 11 is 0. The Kier molecular flexibility index (Phi) is 6.36. The highest BCUT2D eigenvalue weighted by atomic mass is 16.5. The van der Waals surface area contributed by atoms with E-state index in [9.17, 15) is 0 Å². The summed E-state index contributed by atoms with van der Waals surface area (Å²) in [5.41, 5.74) is 2.36. The van der Waals surface area contributed by atoms with Gasteiger partial charge < -0.3 is 19.5 Å². The average molecular weight is 356 g/mol. The van der Waals surface area contributed by atoms with Crippen LogP contribution in [0.5, 0.6) is 17.2 Å². The molecule has 0 radical (unpaired) electrons. The van der Waals surface area contributed by atoms with Gasteiger partial charge in [0.15, 0.2) is 11.5 Å². The minimum atomic E-state index is 0.111. The zero-order valence-electron chi connectivity index (χ0n) is 15.8. The number of piperazine rings is 1. The van der Waals surface area contributed by atoms with E-state index in [1.807, 2.05) is 19.1 Å². The molecule has 0 aromatic heterocycles. The van der Waals surface area contributed by atoms with Crippen molar-refractivity contribution in [3.05, 3.63) is 53.6 Å². The van der Waals surface area contributed by atoms with Crippen LogP contribution in [0.25, 0.3) is 0 Å². The van der Waals surface area contributed by atoms with Gasteiger partial charge in [0.2, 0.25) is 0 Å². The van der Waals surface area contributed by atoms with Gasteiger partial charge in [-0.3, -0.25) is 4.90 Å². The van der Waals surface area contributed by atoms with E-state index in [0.29, 0.717) is 6.61 Å². The van der Waals surface area contributed by atoms with Crippen molar-refractivity contribution in [2.24, 2.45) is 0 Å². The molecule has 0 spiro atoms. The summed E-state index contributed by atoms with van der Waals surface area (Å²) in [4.78, 5) is 2.50. The molecule has 5 heteroatoms. The maximum Gasteiger partial charge on any atom is 0.161 e. The van der Waals surface area contributed by atoms with Crippen molar-refractivity contribution in [2.75, 3.05) is 47.0 Å². The van der Waals surface area contributed by atoms with E-state index in [0.717, 1.165) is 43.4 Å². The van der Waals surface area contributed by atoms with E-state index in [2.05, 4.69) is 40.5 Å². The Balaban J connectivity index is 2.07. The van der Waals surface area contributed by atoms with Gasteiger partial charge in [-0.25, -0.2) is 0 Å². The first-order valence-corrected chi connectivity index (χ1v) is 9.17. The van der Waals surface area contributed by atoms with Gasteiger partial charge in [0.05, 0.1) is 26.9 Å². The minimum Gasteiger partial charge on any atom is -0.494 e. The zero-order valence-corrected chi connectivity index (χ0v) is 15.8. The zero-order chi connectivity index (χ0) is 18.4. The fraction of sp³-hybridized carbons (Fsp3) is 0.429. The number of nitrogens with zero attached hydrogens (tertiary/aromatic N) is 1. The summed E-state index contributed by atoms with van der Waals surface area (Å²) < 4.78 is 16.9. The van der Waals surface area contributed by atoms with Crippen molar-refractivity contribution in [2.45, 2.75) is 13.0 Å². The maximum atomic E-state index is 5.93. The van der Waals surface area contributed by atoms with Gasteiger partial charge in [0.1, 0.15) is 5.75 Å². The molecule has 3 rings (SSSR count). The van der Waals surface area contributed by atoms with Crippen molar-refractivity contribution >= 4 is 0 Å². The Morgan fingerprint density at radius 2 is 1.69 bits per heavy atom. The number of ether oxygens (including phenoxy) is 3. The van der Waals surface area contributed by atoms with Crippen LogP contribution in [-0.4, -0.2) is 51.9 Å². The molecule has 0 aliphatic carbocycles. The number of benzene rings is 2. The molecule has 1 atom stereocenters. The first-order chi connectivity index (χ1) is 12.8. The molecular formula is C21H28N2O3. The van der Waals surface area contributed by atoms with Gasteiger partial charge in [-0.15, -0.1) is 0 Å². The molecule has 26 heavy (non-hydrogen) atoms. The molecule has 2 aromatic rings. The molecule has 1 unspecified atom stereocenters. The van der Waals surface area contributed by atoms with Crippen LogP contribution in [0.3, 0.4) is 0 Å². The van der Waals surface area contributed by atoms with Gasteiger partial charge in [-0.1, -0.05) is 24.3 Å². The third-order valence-corrected chi connectivity index (χ3v) is 4.75. The Morgan fingerprint density at radius 3 is 2.38 bits per heavy atom. The van der Waals surface area contributed by atoms with Crippen LogP contribution in [0.1, 0.15) is 24.1 Å². The predicted molar refractivity (Wildman–Crippen MR) is 103 cm³/mol. The number of nitrogens with one attached hydrogen (secondary N) is 1. The van der Waals surface area contributed by atoms with Crippen LogP contribution >= 0.6 is 0 Å². The van der Waals surface area contributed by atoms with Crippen molar-refractivity contribution in [3.8, 4) is 17.2 Å². The Bertz CT molecular complexity index is 714. The van der Waals surface area contributed by atoms with Gasteiger partial charge in [0.25, 0.3) is 0 Å². The van der Waals surface area contributed by atoms with Gasteiger partial charge in [0, 0.05) is 31.7 Å². The second-order valence-electron chi connectivity index (χ2n) is 6.27. The molecule has 0 amide bonds. The Labute approximate surface area is 155 Å². The highest BCUT2D eigenvalue weighted by Gasteiger charge is 2.27. The van der Waals surface area contributed by atoms with E-state index in [4.69, 9.17) is 14.2 Å². The van der Waals surface area contributed by atoms with E-state index >= 15 is 0 Å². The van der Waals surface area contributed by atoms with Crippen molar-refractivity contribution in [1.29, 1.82) is 0 Å². The molecule has 1 fully saturated rings. The molecule has 0 bridgehead atoms. The largest absolute Gasteiger partial charge is 0.494 e. The maximum absolute atomic E-state index is 5.93. The third kappa shape index (κ3) is 3.94. The molecule has 0 saturated carbocycles. The van der Waals surface area contributed by atoms with E-state index in [-0.39, 0.29) is 6.04 Å². The molecule has 1 N–H and O–H groups in total. The molecular weight excluding hydrogens is 328 g/mol. The molecule has 1 aliphatic rings. The highest BCUT2D eigenvalue weighted by Crippen LogP contribution is 2.38. The summed E-state index contributed by atoms with van der Waals surface area (Å²) in [5, 5.41) is 3.44. The van der Waals surface area contributed by atoms with E-state index in [1.165, 1.54) is 11.1 Å². The molecule has 1 heterocycles. The van der Waals surface area contributed by atoms with E-state index in [1.54, 1.807) is 14.2 Å². The van der Waals surface area contributed by atoms with Crippen LogP contribution in [0.2, 0.25) is 0 Å². The second kappa shape index (κ2) is 8.92. The van der Waals surface area contributed by atoms with E-state index < -0.39 is 0 Å². The lowest BCUT2D eigenvalue weighted by molar-refractivity contribution is 0.193. The fourth-order valence-corrected chi connectivity index (χ4v) is 3.54. The molecule has 140 valence electrons. The second-order valence-corrected chi connectivity index (χ2v) is 6.27. The molecule has 5 nitrogen and oxygen atoms in total. The summed E-state index contributed by atoms with van der Waals surface area (Å²) in [6.07, 6.45) is 0. The number of para-hydroxylation sites is 1. The summed E-state index contributed by atoms with van der Waals surface area (Å²) in [7, 11) is 3.34. The molecule has 1 saturated heterocycles. The first kappa shape index (κ1) is 18.5. The number of hydrogen-bond donors (Lipinski definition) is 1. The Morgan fingerprint density at radius 1 is 0.962 bits per heavy atom. The van der Waals surface area contributed by atoms with Crippen molar-refractivity contribution in [1.82, 2.24) is 10.2 Å². The first-order valence-electron chi connectivity index (χ1n) is 9.17. The average Bonchev–Trinajstić information content (AvgIpc) is 2.70. The summed E-state index contributed by atoms with van der Waals surface area (Å²) in [6.45, 7) is 6.62. The molecule has 1 aliphatic heterocycles.